The third-order valence-electron chi connectivity index (χ3n) is 4.26. The molecule has 2 rings (SSSR count). The van der Waals surface area contributed by atoms with E-state index in [9.17, 15) is 4.79 Å². The van der Waals surface area contributed by atoms with Gasteiger partial charge in [-0.3, -0.25) is 4.79 Å². The Bertz CT molecular complexity index is 419. The summed E-state index contributed by atoms with van der Waals surface area (Å²) in [6.07, 6.45) is 8.42. The van der Waals surface area contributed by atoms with Gasteiger partial charge in [0.2, 0.25) is 5.91 Å². The van der Waals surface area contributed by atoms with Gasteiger partial charge in [0.25, 0.3) is 0 Å². The molecule has 0 bridgehead atoms. The molecule has 20 heavy (non-hydrogen) atoms. The highest BCUT2D eigenvalue weighted by Gasteiger charge is 2.18. The topological polar surface area (TPSA) is 46.3 Å². The number of carbonyl (C=O) groups excluding carboxylic acids is 1. The normalized spacial score (nSPS) is 16.6. The number of anilines is 1. The molecule has 0 atom stereocenters. The molecular weight excluding hydrogens is 248 g/mol. The van der Waals surface area contributed by atoms with Crippen molar-refractivity contribution in [2.75, 3.05) is 12.8 Å². The van der Waals surface area contributed by atoms with E-state index < -0.39 is 0 Å². The molecule has 0 spiro atoms. The lowest BCUT2D eigenvalue weighted by Crippen LogP contribution is -2.28. The van der Waals surface area contributed by atoms with E-state index in [1.807, 2.05) is 36.2 Å². The lowest BCUT2D eigenvalue weighted by Gasteiger charge is -2.21. The summed E-state index contributed by atoms with van der Waals surface area (Å²) in [6.45, 7) is 0.672. The first-order valence-electron chi connectivity index (χ1n) is 7.73. The van der Waals surface area contributed by atoms with Crippen molar-refractivity contribution in [1.82, 2.24) is 4.90 Å². The van der Waals surface area contributed by atoms with Crippen LogP contribution in [0.5, 0.6) is 0 Å². The minimum atomic E-state index is 0.272. The predicted molar refractivity (Wildman–Crippen MR) is 83.1 cm³/mol. The van der Waals surface area contributed by atoms with Crippen LogP contribution in [0.3, 0.4) is 0 Å². The molecule has 0 unspecified atom stereocenters. The lowest BCUT2D eigenvalue weighted by atomic mass is 9.96. The van der Waals surface area contributed by atoms with Gasteiger partial charge in [0.15, 0.2) is 0 Å². The third-order valence-corrected chi connectivity index (χ3v) is 4.26. The molecule has 1 aromatic rings. The summed E-state index contributed by atoms with van der Waals surface area (Å²) in [6, 6.07) is 7.76. The second-order valence-electron chi connectivity index (χ2n) is 6.05. The van der Waals surface area contributed by atoms with E-state index in [0.29, 0.717) is 18.9 Å². The summed E-state index contributed by atoms with van der Waals surface area (Å²) in [5.74, 6) is 0.868. The molecule has 3 nitrogen and oxygen atoms in total. The van der Waals surface area contributed by atoms with Gasteiger partial charge in [-0.25, -0.2) is 0 Å². The summed E-state index contributed by atoms with van der Waals surface area (Å²) in [4.78, 5) is 14.1. The van der Waals surface area contributed by atoms with Crippen LogP contribution >= 0.6 is 0 Å². The highest BCUT2D eigenvalue weighted by molar-refractivity contribution is 5.76. The van der Waals surface area contributed by atoms with Crippen LogP contribution in [0.15, 0.2) is 24.3 Å². The number of nitrogens with zero attached hydrogens (tertiary/aromatic N) is 1. The average Bonchev–Trinajstić information content (AvgIpc) is 2.70. The van der Waals surface area contributed by atoms with E-state index in [1.54, 1.807) is 0 Å². The first-order chi connectivity index (χ1) is 9.65. The molecule has 3 heteroatoms. The van der Waals surface area contributed by atoms with Crippen molar-refractivity contribution >= 4 is 11.6 Å². The Morgan fingerprint density at radius 1 is 1.15 bits per heavy atom. The summed E-state index contributed by atoms with van der Waals surface area (Å²) < 4.78 is 0. The summed E-state index contributed by atoms with van der Waals surface area (Å²) in [5.41, 5.74) is 7.58. The van der Waals surface area contributed by atoms with Gasteiger partial charge in [0, 0.05) is 25.7 Å². The monoisotopic (exact) mass is 274 g/mol. The van der Waals surface area contributed by atoms with Gasteiger partial charge < -0.3 is 10.6 Å². The van der Waals surface area contributed by atoms with Gasteiger partial charge >= 0.3 is 0 Å². The zero-order valence-corrected chi connectivity index (χ0v) is 12.5. The van der Waals surface area contributed by atoms with Crippen molar-refractivity contribution < 1.29 is 4.79 Å². The Labute approximate surface area is 122 Å². The van der Waals surface area contributed by atoms with Gasteiger partial charge in [-0.1, -0.05) is 37.8 Å². The second kappa shape index (κ2) is 7.32. The van der Waals surface area contributed by atoms with Crippen molar-refractivity contribution in [3.05, 3.63) is 29.8 Å². The minimum Gasteiger partial charge on any atom is -0.399 e. The zero-order chi connectivity index (χ0) is 14.4. The van der Waals surface area contributed by atoms with Crippen LogP contribution in [0.4, 0.5) is 5.69 Å². The molecule has 0 heterocycles. The fourth-order valence-electron chi connectivity index (χ4n) is 2.96. The fourth-order valence-corrected chi connectivity index (χ4v) is 2.96. The Balaban J connectivity index is 1.83. The van der Waals surface area contributed by atoms with Crippen molar-refractivity contribution in [2.45, 2.75) is 51.5 Å². The fraction of sp³-hybridized carbons (Fsp3) is 0.588. The molecule has 0 aliphatic heterocycles. The van der Waals surface area contributed by atoms with Gasteiger partial charge in [0.05, 0.1) is 0 Å². The highest BCUT2D eigenvalue weighted by Crippen LogP contribution is 2.26. The predicted octanol–water partition coefficient (Wildman–Crippen LogP) is 3.59. The zero-order valence-electron chi connectivity index (χ0n) is 12.5. The van der Waals surface area contributed by atoms with Gasteiger partial charge in [-0.05, 0) is 36.5 Å². The molecule has 0 saturated heterocycles. The average molecular weight is 274 g/mol. The van der Waals surface area contributed by atoms with Crippen LogP contribution < -0.4 is 5.73 Å². The van der Waals surface area contributed by atoms with Gasteiger partial charge in [0.1, 0.15) is 0 Å². The number of hydrogen-bond acceptors (Lipinski definition) is 2. The van der Waals surface area contributed by atoms with Crippen LogP contribution in [-0.2, 0) is 11.3 Å². The maximum Gasteiger partial charge on any atom is 0.222 e. The maximum absolute atomic E-state index is 12.3. The number of rotatable bonds is 4. The van der Waals surface area contributed by atoms with Crippen molar-refractivity contribution in [1.29, 1.82) is 0 Å². The number of carbonyl (C=O) groups is 1. The number of nitrogens with two attached hydrogens (primary N) is 1. The molecule has 1 fully saturated rings. The van der Waals surface area contributed by atoms with E-state index in [0.717, 1.165) is 11.3 Å². The Morgan fingerprint density at radius 2 is 1.75 bits per heavy atom. The number of benzene rings is 1. The molecule has 1 aliphatic rings. The summed E-state index contributed by atoms with van der Waals surface area (Å²) in [7, 11) is 1.90. The Hall–Kier alpha value is -1.51. The van der Waals surface area contributed by atoms with Crippen LogP contribution in [0.2, 0.25) is 0 Å². The summed E-state index contributed by atoms with van der Waals surface area (Å²) in [5, 5.41) is 0. The lowest BCUT2D eigenvalue weighted by molar-refractivity contribution is -0.131. The van der Waals surface area contributed by atoms with Crippen molar-refractivity contribution in [3.63, 3.8) is 0 Å². The summed E-state index contributed by atoms with van der Waals surface area (Å²) >= 11 is 0. The van der Waals surface area contributed by atoms with Crippen LogP contribution in [0.25, 0.3) is 0 Å². The minimum absolute atomic E-state index is 0.272. The second-order valence-corrected chi connectivity index (χ2v) is 6.05. The molecule has 110 valence electrons. The smallest absolute Gasteiger partial charge is 0.222 e. The molecule has 1 amide bonds. The molecule has 0 radical (unpaired) electrons. The van der Waals surface area contributed by atoms with Crippen molar-refractivity contribution in [2.24, 2.45) is 5.92 Å². The van der Waals surface area contributed by atoms with E-state index in [-0.39, 0.29) is 5.91 Å². The molecule has 1 saturated carbocycles. The standard InChI is InChI=1S/C17H26N2O/c1-19(13-15-8-10-16(18)11-9-15)17(20)12-14-6-4-2-3-5-7-14/h8-11,14H,2-7,12-13,18H2,1H3. The molecule has 1 aromatic carbocycles. The Morgan fingerprint density at radius 3 is 2.35 bits per heavy atom. The quantitative estimate of drug-likeness (QED) is 0.673. The largest absolute Gasteiger partial charge is 0.399 e. The van der Waals surface area contributed by atoms with E-state index >= 15 is 0 Å². The van der Waals surface area contributed by atoms with Gasteiger partial charge in [-0.2, -0.15) is 0 Å². The molecule has 1 aliphatic carbocycles. The number of hydrogen-bond donors (Lipinski definition) is 1. The first-order valence-corrected chi connectivity index (χ1v) is 7.73. The SMILES string of the molecule is CN(Cc1ccc(N)cc1)C(=O)CC1CCCCCC1. The Kier molecular flexibility index (Phi) is 5.45. The van der Waals surface area contributed by atoms with E-state index in [4.69, 9.17) is 5.73 Å². The molecular formula is C17H26N2O. The van der Waals surface area contributed by atoms with Crippen LogP contribution in [-0.4, -0.2) is 17.9 Å². The molecule has 2 N–H and O–H groups in total. The molecule has 0 aromatic heterocycles. The number of nitrogen functional groups attached to an aromatic ring is 1. The van der Waals surface area contributed by atoms with Crippen molar-refractivity contribution in [3.8, 4) is 0 Å². The maximum atomic E-state index is 12.3. The van der Waals surface area contributed by atoms with Gasteiger partial charge in [-0.15, -0.1) is 0 Å². The highest BCUT2D eigenvalue weighted by atomic mass is 16.2. The van der Waals surface area contributed by atoms with Crippen LogP contribution in [0, 0.1) is 5.92 Å². The third kappa shape index (κ3) is 4.55. The number of amides is 1. The van der Waals surface area contributed by atoms with E-state index in [2.05, 4.69) is 0 Å². The van der Waals surface area contributed by atoms with E-state index in [1.165, 1.54) is 38.5 Å². The first kappa shape index (κ1) is 14.9. The van der Waals surface area contributed by atoms with Crippen LogP contribution in [0.1, 0.15) is 50.5 Å².